The van der Waals surface area contributed by atoms with Crippen molar-refractivity contribution in [1.82, 2.24) is 0 Å². The standard InChI is InChI=1S/C12H14F3NO4S/c1-3-16(4-2)10-5-6-11(9(7-10)8-17)20-21(18,19)12(13,14)15/h5-8H,3-4H2,1-2H3. The Morgan fingerprint density at radius 2 is 1.81 bits per heavy atom. The molecule has 0 unspecified atom stereocenters. The third-order valence-electron chi connectivity index (χ3n) is 2.73. The van der Waals surface area contributed by atoms with Gasteiger partial charge in [-0.3, -0.25) is 4.79 Å². The quantitative estimate of drug-likeness (QED) is 0.457. The first kappa shape index (κ1) is 17.3. The summed E-state index contributed by atoms with van der Waals surface area (Å²) in [5.41, 5.74) is -5.24. The van der Waals surface area contributed by atoms with Gasteiger partial charge >= 0.3 is 15.6 Å². The van der Waals surface area contributed by atoms with Gasteiger partial charge in [0.25, 0.3) is 0 Å². The second-order valence-electron chi connectivity index (χ2n) is 4.00. The zero-order valence-corrected chi connectivity index (χ0v) is 12.2. The van der Waals surface area contributed by atoms with Gasteiger partial charge in [0.1, 0.15) is 0 Å². The average Bonchev–Trinajstić information content (AvgIpc) is 2.40. The van der Waals surface area contributed by atoms with Crippen molar-refractivity contribution in [1.29, 1.82) is 0 Å². The second kappa shape index (κ2) is 6.33. The average molecular weight is 325 g/mol. The molecule has 0 aliphatic carbocycles. The van der Waals surface area contributed by atoms with Gasteiger partial charge in [-0.15, -0.1) is 0 Å². The van der Waals surface area contributed by atoms with E-state index < -0.39 is 21.4 Å². The number of carbonyl (C=O) groups is 1. The van der Waals surface area contributed by atoms with Crippen molar-refractivity contribution in [3.8, 4) is 5.75 Å². The molecule has 9 heteroatoms. The highest BCUT2D eigenvalue weighted by Crippen LogP contribution is 2.30. The van der Waals surface area contributed by atoms with Crippen LogP contribution in [0.1, 0.15) is 24.2 Å². The van der Waals surface area contributed by atoms with Gasteiger partial charge in [0.15, 0.2) is 12.0 Å². The Balaban J connectivity index is 3.20. The van der Waals surface area contributed by atoms with Crippen molar-refractivity contribution in [3.05, 3.63) is 23.8 Å². The van der Waals surface area contributed by atoms with Gasteiger partial charge in [0.2, 0.25) is 0 Å². The summed E-state index contributed by atoms with van der Waals surface area (Å²) in [5, 5.41) is 0. The van der Waals surface area contributed by atoms with E-state index in [2.05, 4.69) is 4.18 Å². The van der Waals surface area contributed by atoms with E-state index in [1.54, 1.807) is 0 Å². The first-order valence-corrected chi connectivity index (χ1v) is 7.42. The van der Waals surface area contributed by atoms with Crippen LogP contribution in [0.4, 0.5) is 18.9 Å². The molecule has 118 valence electrons. The highest BCUT2D eigenvalue weighted by atomic mass is 32.2. The Hall–Kier alpha value is -1.77. The van der Waals surface area contributed by atoms with Crippen molar-refractivity contribution in [2.45, 2.75) is 19.4 Å². The fraction of sp³-hybridized carbons (Fsp3) is 0.417. The maximum atomic E-state index is 12.3. The fourth-order valence-corrected chi connectivity index (χ4v) is 2.14. The van der Waals surface area contributed by atoms with Gasteiger partial charge in [-0.05, 0) is 32.0 Å². The summed E-state index contributed by atoms with van der Waals surface area (Å²) in [5.74, 6) is -0.654. The molecular formula is C12H14F3NO4S. The summed E-state index contributed by atoms with van der Waals surface area (Å²) >= 11 is 0. The Kier molecular flexibility index (Phi) is 5.21. The van der Waals surface area contributed by atoms with Gasteiger partial charge in [0, 0.05) is 18.8 Å². The second-order valence-corrected chi connectivity index (χ2v) is 5.53. The van der Waals surface area contributed by atoms with E-state index in [0.29, 0.717) is 18.8 Å². The van der Waals surface area contributed by atoms with E-state index in [0.717, 1.165) is 6.07 Å². The molecule has 1 rings (SSSR count). The van der Waals surface area contributed by atoms with E-state index in [-0.39, 0.29) is 11.8 Å². The number of hydrogen-bond acceptors (Lipinski definition) is 5. The minimum atomic E-state index is -5.80. The summed E-state index contributed by atoms with van der Waals surface area (Å²) in [6.45, 7) is 4.97. The van der Waals surface area contributed by atoms with Gasteiger partial charge < -0.3 is 9.08 Å². The molecule has 0 aromatic heterocycles. The minimum absolute atomic E-state index is 0.244. The van der Waals surface area contributed by atoms with E-state index in [1.807, 2.05) is 18.7 Å². The Morgan fingerprint density at radius 1 is 1.24 bits per heavy atom. The summed E-state index contributed by atoms with van der Waals surface area (Å²) < 4.78 is 62.7. The number of rotatable bonds is 6. The van der Waals surface area contributed by atoms with E-state index in [9.17, 15) is 26.4 Å². The number of aldehydes is 1. The van der Waals surface area contributed by atoms with Crippen molar-refractivity contribution in [2.24, 2.45) is 0 Å². The zero-order chi connectivity index (χ0) is 16.3. The number of halogens is 3. The number of anilines is 1. The number of carbonyl (C=O) groups excluding carboxylic acids is 1. The van der Waals surface area contributed by atoms with E-state index in [4.69, 9.17) is 0 Å². The van der Waals surface area contributed by atoms with Crippen LogP contribution in [0, 0.1) is 0 Å². The topological polar surface area (TPSA) is 63.7 Å². The van der Waals surface area contributed by atoms with E-state index in [1.165, 1.54) is 12.1 Å². The molecule has 0 fully saturated rings. The molecule has 0 atom stereocenters. The lowest BCUT2D eigenvalue weighted by Crippen LogP contribution is -2.28. The number of nitrogens with zero attached hydrogens (tertiary/aromatic N) is 1. The molecule has 1 aromatic rings. The molecule has 0 aliphatic rings. The summed E-state index contributed by atoms with van der Waals surface area (Å²) in [4.78, 5) is 12.8. The fourth-order valence-electron chi connectivity index (χ4n) is 1.65. The maximum Gasteiger partial charge on any atom is 0.534 e. The van der Waals surface area contributed by atoms with Crippen LogP contribution in [0.15, 0.2) is 18.2 Å². The monoisotopic (exact) mass is 325 g/mol. The SMILES string of the molecule is CCN(CC)c1ccc(OS(=O)(=O)C(F)(F)F)c(C=O)c1. The highest BCUT2D eigenvalue weighted by Gasteiger charge is 2.48. The van der Waals surface area contributed by atoms with Crippen LogP contribution in [0.25, 0.3) is 0 Å². The summed E-state index contributed by atoms with van der Waals surface area (Å²) in [6.07, 6.45) is 0.244. The van der Waals surface area contributed by atoms with Crippen molar-refractivity contribution < 1.29 is 30.6 Å². The lowest BCUT2D eigenvalue weighted by Gasteiger charge is -2.21. The Bertz CT molecular complexity index is 609. The van der Waals surface area contributed by atoms with Crippen LogP contribution in [-0.2, 0) is 10.1 Å². The highest BCUT2D eigenvalue weighted by molar-refractivity contribution is 7.88. The van der Waals surface area contributed by atoms with Crippen LogP contribution in [0.2, 0.25) is 0 Å². The van der Waals surface area contributed by atoms with Crippen LogP contribution < -0.4 is 9.08 Å². The molecule has 0 aliphatic heterocycles. The molecule has 0 bridgehead atoms. The predicted octanol–water partition coefficient (Wildman–Crippen LogP) is 2.57. The lowest BCUT2D eigenvalue weighted by molar-refractivity contribution is -0.0500. The molecule has 21 heavy (non-hydrogen) atoms. The first-order chi connectivity index (χ1) is 9.66. The molecule has 0 saturated heterocycles. The normalized spacial score (nSPS) is 12.0. The molecule has 0 spiro atoms. The van der Waals surface area contributed by atoms with Crippen LogP contribution in [0.5, 0.6) is 5.75 Å². The zero-order valence-electron chi connectivity index (χ0n) is 11.3. The molecule has 0 heterocycles. The van der Waals surface area contributed by atoms with Crippen LogP contribution >= 0.6 is 0 Å². The molecule has 0 N–H and O–H groups in total. The molecule has 1 aromatic carbocycles. The number of hydrogen-bond donors (Lipinski definition) is 0. The van der Waals surface area contributed by atoms with Crippen LogP contribution in [0.3, 0.4) is 0 Å². The first-order valence-electron chi connectivity index (χ1n) is 6.01. The van der Waals surface area contributed by atoms with Gasteiger partial charge in [-0.1, -0.05) is 0 Å². The molecule has 0 radical (unpaired) electrons. The largest absolute Gasteiger partial charge is 0.534 e. The lowest BCUT2D eigenvalue weighted by atomic mass is 10.2. The number of alkyl halides is 3. The molecule has 5 nitrogen and oxygen atoms in total. The van der Waals surface area contributed by atoms with E-state index >= 15 is 0 Å². The smallest absolute Gasteiger partial charge is 0.375 e. The molecule has 0 saturated carbocycles. The molecular weight excluding hydrogens is 311 g/mol. The third-order valence-corrected chi connectivity index (χ3v) is 3.70. The third kappa shape index (κ3) is 3.87. The molecule has 0 amide bonds. The van der Waals surface area contributed by atoms with Crippen LogP contribution in [-0.4, -0.2) is 33.3 Å². The van der Waals surface area contributed by atoms with Crippen molar-refractivity contribution >= 4 is 22.1 Å². The Labute approximate surface area is 120 Å². The van der Waals surface area contributed by atoms with Gasteiger partial charge in [-0.2, -0.15) is 21.6 Å². The predicted molar refractivity (Wildman–Crippen MR) is 71.0 cm³/mol. The van der Waals surface area contributed by atoms with Crippen molar-refractivity contribution in [2.75, 3.05) is 18.0 Å². The number of benzene rings is 1. The summed E-state index contributed by atoms with van der Waals surface area (Å²) in [6, 6.07) is 3.70. The maximum absolute atomic E-state index is 12.3. The van der Waals surface area contributed by atoms with Crippen molar-refractivity contribution in [3.63, 3.8) is 0 Å². The summed E-state index contributed by atoms with van der Waals surface area (Å²) in [7, 11) is -5.80. The minimum Gasteiger partial charge on any atom is -0.375 e. The Morgan fingerprint density at radius 3 is 2.24 bits per heavy atom. The van der Waals surface area contributed by atoms with Gasteiger partial charge in [-0.25, -0.2) is 0 Å². The van der Waals surface area contributed by atoms with Gasteiger partial charge in [0.05, 0.1) is 5.56 Å².